The maximum atomic E-state index is 12.7. The predicted octanol–water partition coefficient (Wildman–Crippen LogP) is 3.69. The fraction of sp³-hybridized carbons (Fsp3) is 1.00. The van der Waals surface area contributed by atoms with Gasteiger partial charge in [0, 0.05) is 6.54 Å². The first kappa shape index (κ1) is 17.1. The molecule has 0 aromatic carbocycles. The van der Waals surface area contributed by atoms with Crippen LogP contribution in [0.4, 0.5) is 13.2 Å². The molecule has 0 aromatic heterocycles. The zero-order valence-electron chi connectivity index (χ0n) is 13.1. The van der Waals surface area contributed by atoms with E-state index in [4.69, 9.17) is 0 Å². The molecule has 2 nitrogen and oxygen atoms in total. The summed E-state index contributed by atoms with van der Waals surface area (Å²) in [4.78, 5) is 2.12. The van der Waals surface area contributed by atoms with Gasteiger partial charge in [-0.05, 0) is 62.9 Å². The van der Waals surface area contributed by atoms with Crippen LogP contribution < -0.4 is 0 Å². The van der Waals surface area contributed by atoms with Crippen LogP contribution in [0.25, 0.3) is 0 Å². The first-order valence-electron chi connectivity index (χ1n) is 8.24. The normalized spacial score (nSPS) is 33.6. The molecule has 1 aliphatic carbocycles. The van der Waals surface area contributed by atoms with E-state index < -0.39 is 12.1 Å². The molecule has 1 saturated carbocycles. The van der Waals surface area contributed by atoms with Crippen LogP contribution in [0, 0.1) is 23.7 Å². The molecule has 3 unspecified atom stereocenters. The molecule has 1 heterocycles. The molecule has 0 spiro atoms. The first-order valence-corrected chi connectivity index (χ1v) is 8.24. The molecule has 3 atom stereocenters. The Kier molecular flexibility index (Phi) is 5.58. The van der Waals surface area contributed by atoms with Gasteiger partial charge < -0.3 is 10.0 Å². The smallest absolute Gasteiger partial charge is 0.391 e. The predicted molar refractivity (Wildman–Crippen MR) is 76.9 cm³/mol. The lowest BCUT2D eigenvalue weighted by atomic mass is 9.74. The standard InChI is InChI=1S/C16H28F3NO/c1-11(2)12-3-4-15(21)13(9-12)10-20-7-5-14(6-8-20)16(17,18)19/h11-15,21H,3-10H2,1-2H3. The zero-order valence-corrected chi connectivity index (χ0v) is 13.1. The Labute approximate surface area is 125 Å². The third-order valence-electron chi connectivity index (χ3n) is 5.47. The number of aliphatic hydroxyl groups is 1. The summed E-state index contributed by atoms with van der Waals surface area (Å²) in [7, 11) is 0. The second-order valence-corrected chi connectivity index (χ2v) is 7.26. The lowest BCUT2D eigenvalue weighted by Crippen LogP contribution is -2.44. The van der Waals surface area contributed by atoms with E-state index in [0.717, 1.165) is 25.8 Å². The molecule has 124 valence electrons. The molecule has 2 fully saturated rings. The van der Waals surface area contributed by atoms with E-state index in [1.54, 1.807) is 0 Å². The van der Waals surface area contributed by atoms with E-state index in [1.807, 2.05) is 0 Å². The first-order chi connectivity index (χ1) is 9.77. The minimum Gasteiger partial charge on any atom is -0.393 e. The van der Waals surface area contributed by atoms with Gasteiger partial charge in [-0.15, -0.1) is 0 Å². The van der Waals surface area contributed by atoms with E-state index >= 15 is 0 Å². The second-order valence-electron chi connectivity index (χ2n) is 7.26. The highest BCUT2D eigenvalue weighted by molar-refractivity contribution is 4.85. The van der Waals surface area contributed by atoms with Gasteiger partial charge >= 0.3 is 6.18 Å². The van der Waals surface area contributed by atoms with Crippen molar-refractivity contribution in [1.82, 2.24) is 4.90 Å². The monoisotopic (exact) mass is 307 g/mol. The van der Waals surface area contributed by atoms with Gasteiger partial charge in [0.25, 0.3) is 0 Å². The fourth-order valence-electron chi connectivity index (χ4n) is 3.86. The molecule has 1 saturated heterocycles. The Morgan fingerprint density at radius 3 is 2.24 bits per heavy atom. The molecule has 0 amide bonds. The van der Waals surface area contributed by atoms with Gasteiger partial charge in [-0.2, -0.15) is 13.2 Å². The Hall–Kier alpha value is -0.290. The molecule has 5 heteroatoms. The highest BCUT2D eigenvalue weighted by Crippen LogP contribution is 2.37. The summed E-state index contributed by atoms with van der Waals surface area (Å²) < 4.78 is 38.0. The Balaban J connectivity index is 1.82. The van der Waals surface area contributed by atoms with E-state index in [0.29, 0.717) is 24.9 Å². The quantitative estimate of drug-likeness (QED) is 0.859. The van der Waals surface area contributed by atoms with E-state index in [2.05, 4.69) is 18.7 Å². The molecule has 0 bridgehead atoms. The van der Waals surface area contributed by atoms with Crippen molar-refractivity contribution in [2.45, 2.75) is 58.2 Å². The average Bonchev–Trinajstić information content (AvgIpc) is 2.40. The third-order valence-corrected chi connectivity index (χ3v) is 5.47. The number of aliphatic hydroxyl groups excluding tert-OH is 1. The number of hydrogen-bond acceptors (Lipinski definition) is 2. The summed E-state index contributed by atoms with van der Waals surface area (Å²) >= 11 is 0. The summed E-state index contributed by atoms with van der Waals surface area (Å²) in [6.07, 6.45) is -0.977. The van der Waals surface area contributed by atoms with Gasteiger partial charge in [0.1, 0.15) is 0 Å². The SMILES string of the molecule is CC(C)C1CCC(O)C(CN2CCC(C(F)(F)F)CC2)C1. The maximum Gasteiger partial charge on any atom is 0.391 e. The van der Waals surface area contributed by atoms with Crippen molar-refractivity contribution in [1.29, 1.82) is 0 Å². The van der Waals surface area contributed by atoms with Gasteiger partial charge in [-0.3, -0.25) is 0 Å². The highest BCUT2D eigenvalue weighted by Gasteiger charge is 2.41. The van der Waals surface area contributed by atoms with Crippen LogP contribution in [0.3, 0.4) is 0 Å². The van der Waals surface area contributed by atoms with Gasteiger partial charge in [-0.25, -0.2) is 0 Å². The lowest BCUT2D eigenvalue weighted by Gasteiger charge is -2.40. The third kappa shape index (κ3) is 4.59. The highest BCUT2D eigenvalue weighted by atomic mass is 19.4. The van der Waals surface area contributed by atoms with Crippen LogP contribution in [0.5, 0.6) is 0 Å². The molecule has 0 radical (unpaired) electrons. The summed E-state index contributed by atoms with van der Waals surface area (Å²) in [5.41, 5.74) is 0. The van der Waals surface area contributed by atoms with Crippen molar-refractivity contribution in [3.8, 4) is 0 Å². The zero-order chi connectivity index (χ0) is 15.6. The van der Waals surface area contributed by atoms with Crippen molar-refractivity contribution in [3.05, 3.63) is 0 Å². The largest absolute Gasteiger partial charge is 0.393 e. The molecular weight excluding hydrogens is 279 g/mol. The van der Waals surface area contributed by atoms with Crippen LogP contribution in [0.15, 0.2) is 0 Å². The Morgan fingerprint density at radius 1 is 1.10 bits per heavy atom. The molecule has 21 heavy (non-hydrogen) atoms. The lowest BCUT2D eigenvalue weighted by molar-refractivity contribution is -0.185. The van der Waals surface area contributed by atoms with Crippen molar-refractivity contribution < 1.29 is 18.3 Å². The maximum absolute atomic E-state index is 12.7. The van der Waals surface area contributed by atoms with Crippen molar-refractivity contribution >= 4 is 0 Å². The molecule has 1 N–H and O–H groups in total. The summed E-state index contributed by atoms with van der Waals surface area (Å²) in [5.74, 6) is 0.365. The number of piperidine rings is 1. The van der Waals surface area contributed by atoms with Crippen LogP contribution in [0.2, 0.25) is 0 Å². The van der Waals surface area contributed by atoms with Crippen LogP contribution in [-0.4, -0.2) is 41.9 Å². The van der Waals surface area contributed by atoms with Crippen LogP contribution in [-0.2, 0) is 0 Å². The van der Waals surface area contributed by atoms with Crippen LogP contribution >= 0.6 is 0 Å². The number of alkyl halides is 3. The van der Waals surface area contributed by atoms with Gasteiger partial charge in [0.15, 0.2) is 0 Å². The topological polar surface area (TPSA) is 23.5 Å². The van der Waals surface area contributed by atoms with Crippen molar-refractivity contribution in [2.24, 2.45) is 23.7 Å². The summed E-state index contributed by atoms with van der Waals surface area (Å²) in [6, 6.07) is 0. The minimum absolute atomic E-state index is 0.208. The Morgan fingerprint density at radius 2 is 1.71 bits per heavy atom. The number of hydrogen-bond donors (Lipinski definition) is 1. The molecule has 1 aliphatic heterocycles. The molecular formula is C16H28F3NO. The molecule has 2 aliphatic rings. The van der Waals surface area contributed by atoms with Crippen LogP contribution in [0.1, 0.15) is 46.0 Å². The van der Waals surface area contributed by atoms with E-state index in [9.17, 15) is 18.3 Å². The van der Waals surface area contributed by atoms with Gasteiger partial charge in [0.05, 0.1) is 12.0 Å². The van der Waals surface area contributed by atoms with E-state index in [1.165, 1.54) is 0 Å². The summed E-state index contributed by atoms with van der Waals surface area (Å²) in [5, 5.41) is 10.2. The summed E-state index contributed by atoms with van der Waals surface area (Å²) in [6.45, 7) is 6.22. The Bertz CT molecular complexity index is 324. The van der Waals surface area contributed by atoms with Gasteiger partial charge in [-0.1, -0.05) is 13.8 Å². The van der Waals surface area contributed by atoms with E-state index in [-0.39, 0.29) is 24.9 Å². The second kappa shape index (κ2) is 6.86. The van der Waals surface area contributed by atoms with Gasteiger partial charge in [0.2, 0.25) is 0 Å². The number of halogens is 3. The fourth-order valence-corrected chi connectivity index (χ4v) is 3.86. The average molecular weight is 307 g/mol. The molecule has 2 rings (SSSR count). The number of nitrogens with zero attached hydrogens (tertiary/aromatic N) is 1. The minimum atomic E-state index is -4.04. The van der Waals surface area contributed by atoms with Crippen molar-refractivity contribution in [3.63, 3.8) is 0 Å². The van der Waals surface area contributed by atoms with Crippen molar-refractivity contribution in [2.75, 3.05) is 19.6 Å². The molecule has 0 aromatic rings. The number of likely N-dealkylation sites (tertiary alicyclic amines) is 1. The number of rotatable bonds is 3.